The molecule has 0 saturated carbocycles. The number of benzene rings is 1. The van der Waals surface area contributed by atoms with Crippen LogP contribution in [0.4, 0.5) is 0 Å². The fraction of sp³-hybridized carbons (Fsp3) is 0.375. The van der Waals surface area contributed by atoms with Crippen molar-refractivity contribution < 1.29 is 9.59 Å². The molecule has 0 atom stereocenters. The number of amides is 2. The molecule has 2 rings (SSSR count). The molecule has 1 aliphatic rings. The summed E-state index contributed by atoms with van der Waals surface area (Å²) in [6, 6.07) is 7.56. The largest absolute Gasteiger partial charge is 0.337 e. The summed E-state index contributed by atoms with van der Waals surface area (Å²) in [6.45, 7) is 7.80. The van der Waals surface area contributed by atoms with Crippen LogP contribution in [0.1, 0.15) is 22.3 Å². The molecule has 1 saturated heterocycles. The first-order valence-corrected chi connectivity index (χ1v) is 6.86. The molecular weight excluding hydrogens is 252 g/mol. The second-order valence-corrected chi connectivity index (χ2v) is 5.04. The molecule has 1 aromatic rings. The molecule has 4 nitrogen and oxygen atoms in total. The highest BCUT2D eigenvalue weighted by molar-refractivity contribution is 5.94. The second kappa shape index (κ2) is 6.37. The van der Waals surface area contributed by atoms with Crippen molar-refractivity contribution in [3.63, 3.8) is 0 Å². The predicted octanol–water partition coefficient (Wildman–Crippen LogP) is 1.86. The Balaban J connectivity index is 2.08. The van der Waals surface area contributed by atoms with Gasteiger partial charge in [0.1, 0.15) is 0 Å². The van der Waals surface area contributed by atoms with Crippen molar-refractivity contribution in [3.8, 4) is 0 Å². The van der Waals surface area contributed by atoms with Gasteiger partial charge in [0, 0.05) is 38.2 Å². The molecule has 0 N–H and O–H groups in total. The van der Waals surface area contributed by atoms with Gasteiger partial charge in [-0.3, -0.25) is 9.59 Å². The van der Waals surface area contributed by atoms with Gasteiger partial charge in [0.25, 0.3) is 5.91 Å². The van der Waals surface area contributed by atoms with Gasteiger partial charge in [-0.1, -0.05) is 23.8 Å². The summed E-state index contributed by atoms with van der Waals surface area (Å²) in [5.41, 5.74) is 1.75. The van der Waals surface area contributed by atoms with Crippen molar-refractivity contribution in [1.82, 2.24) is 9.80 Å². The Hall–Kier alpha value is -2.10. The maximum atomic E-state index is 12.5. The standard InChI is InChI=1S/C16H20N2O2/c1-3-8-17-10-11-18(9-7-15(17)19)16(20)14-6-4-5-13(2)12-14/h3-6,12H,1,7-11H2,2H3. The first kappa shape index (κ1) is 14.3. The quantitative estimate of drug-likeness (QED) is 0.788. The van der Waals surface area contributed by atoms with E-state index in [1.54, 1.807) is 15.9 Å². The lowest BCUT2D eigenvalue weighted by Gasteiger charge is -2.21. The fourth-order valence-corrected chi connectivity index (χ4v) is 2.38. The molecule has 106 valence electrons. The van der Waals surface area contributed by atoms with Crippen molar-refractivity contribution in [2.24, 2.45) is 0 Å². The molecule has 20 heavy (non-hydrogen) atoms. The molecule has 4 heteroatoms. The van der Waals surface area contributed by atoms with Crippen LogP contribution >= 0.6 is 0 Å². The average molecular weight is 272 g/mol. The molecule has 1 aromatic carbocycles. The number of hydrogen-bond donors (Lipinski definition) is 0. The summed E-state index contributed by atoms with van der Waals surface area (Å²) in [5, 5.41) is 0. The zero-order valence-corrected chi connectivity index (χ0v) is 11.8. The molecule has 0 unspecified atom stereocenters. The highest BCUT2D eigenvalue weighted by Gasteiger charge is 2.23. The Labute approximate surface area is 119 Å². The summed E-state index contributed by atoms with van der Waals surface area (Å²) in [6.07, 6.45) is 2.10. The maximum Gasteiger partial charge on any atom is 0.253 e. The Bertz CT molecular complexity index is 525. The topological polar surface area (TPSA) is 40.6 Å². The first-order chi connectivity index (χ1) is 9.61. The van der Waals surface area contributed by atoms with Gasteiger partial charge in [-0.25, -0.2) is 0 Å². The van der Waals surface area contributed by atoms with Gasteiger partial charge >= 0.3 is 0 Å². The van der Waals surface area contributed by atoms with Crippen LogP contribution in [-0.4, -0.2) is 47.8 Å². The minimum absolute atomic E-state index is 0.00181. The zero-order chi connectivity index (χ0) is 14.5. The number of nitrogens with zero attached hydrogens (tertiary/aromatic N) is 2. The van der Waals surface area contributed by atoms with Crippen LogP contribution in [-0.2, 0) is 4.79 Å². The molecule has 1 fully saturated rings. The van der Waals surface area contributed by atoms with Gasteiger partial charge in [-0.2, -0.15) is 0 Å². The number of aryl methyl sites for hydroxylation is 1. The van der Waals surface area contributed by atoms with Crippen LogP contribution in [0.3, 0.4) is 0 Å². The Morgan fingerprint density at radius 3 is 2.85 bits per heavy atom. The van der Waals surface area contributed by atoms with Crippen LogP contribution in [0, 0.1) is 6.92 Å². The predicted molar refractivity (Wildman–Crippen MR) is 78.5 cm³/mol. The van der Waals surface area contributed by atoms with Gasteiger partial charge in [-0.15, -0.1) is 6.58 Å². The molecule has 0 aliphatic carbocycles. The van der Waals surface area contributed by atoms with E-state index in [4.69, 9.17) is 0 Å². The van der Waals surface area contributed by atoms with Crippen molar-refractivity contribution in [1.29, 1.82) is 0 Å². The minimum Gasteiger partial charge on any atom is -0.337 e. The van der Waals surface area contributed by atoms with Crippen LogP contribution < -0.4 is 0 Å². The van der Waals surface area contributed by atoms with E-state index in [0.29, 0.717) is 38.2 Å². The van der Waals surface area contributed by atoms with E-state index in [0.717, 1.165) is 5.56 Å². The number of rotatable bonds is 3. The van der Waals surface area contributed by atoms with E-state index in [1.807, 2.05) is 31.2 Å². The smallest absolute Gasteiger partial charge is 0.253 e. The van der Waals surface area contributed by atoms with Crippen molar-refractivity contribution in [2.45, 2.75) is 13.3 Å². The van der Waals surface area contributed by atoms with Gasteiger partial charge < -0.3 is 9.80 Å². The zero-order valence-electron chi connectivity index (χ0n) is 11.8. The molecule has 1 aliphatic heterocycles. The normalized spacial score (nSPS) is 15.9. The SMILES string of the molecule is C=CCN1CCN(C(=O)c2cccc(C)c2)CCC1=O. The van der Waals surface area contributed by atoms with Gasteiger partial charge in [0.05, 0.1) is 0 Å². The molecule has 2 amide bonds. The number of carbonyl (C=O) groups is 2. The fourth-order valence-electron chi connectivity index (χ4n) is 2.38. The first-order valence-electron chi connectivity index (χ1n) is 6.86. The molecule has 0 radical (unpaired) electrons. The van der Waals surface area contributed by atoms with Gasteiger partial charge in [0.15, 0.2) is 0 Å². The van der Waals surface area contributed by atoms with Crippen molar-refractivity contribution in [2.75, 3.05) is 26.2 Å². The summed E-state index contributed by atoms with van der Waals surface area (Å²) < 4.78 is 0. The van der Waals surface area contributed by atoms with Crippen LogP contribution in [0.25, 0.3) is 0 Å². The van der Waals surface area contributed by atoms with E-state index in [9.17, 15) is 9.59 Å². The highest BCUT2D eigenvalue weighted by Crippen LogP contribution is 2.11. The lowest BCUT2D eigenvalue weighted by molar-refractivity contribution is -0.129. The number of hydrogen-bond acceptors (Lipinski definition) is 2. The monoisotopic (exact) mass is 272 g/mol. The van der Waals surface area contributed by atoms with E-state index in [2.05, 4.69) is 6.58 Å². The van der Waals surface area contributed by atoms with Crippen LogP contribution in [0.5, 0.6) is 0 Å². The van der Waals surface area contributed by atoms with Gasteiger partial charge in [-0.05, 0) is 19.1 Å². The lowest BCUT2D eigenvalue weighted by Crippen LogP contribution is -2.36. The van der Waals surface area contributed by atoms with Gasteiger partial charge in [0.2, 0.25) is 5.91 Å². The number of carbonyl (C=O) groups excluding carboxylic acids is 2. The van der Waals surface area contributed by atoms with E-state index >= 15 is 0 Å². The summed E-state index contributed by atoms with van der Waals surface area (Å²) in [4.78, 5) is 27.9. The summed E-state index contributed by atoms with van der Waals surface area (Å²) in [5.74, 6) is 0.0893. The highest BCUT2D eigenvalue weighted by atomic mass is 16.2. The Morgan fingerprint density at radius 2 is 2.15 bits per heavy atom. The van der Waals surface area contributed by atoms with Crippen LogP contribution in [0.15, 0.2) is 36.9 Å². The van der Waals surface area contributed by atoms with Crippen molar-refractivity contribution in [3.05, 3.63) is 48.0 Å². The van der Waals surface area contributed by atoms with E-state index in [1.165, 1.54) is 0 Å². The van der Waals surface area contributed by atoms with E-state index < -0.39 is 0 Å². The summed E-state index contributed by atoms with van der Waals surface area (Å²) in [7, 11) is 0. The van der Waals surface area contributed by atoms with Crippen molar-refractivity contribution >= 4 is 11.8 Å². The third-order valence-electron chi connectivity index (χ3n) is 3.49. The lowest BCUT2D eigenvalue weighted by atomic mass is 10.1. The molecule has 1 heterocycles. The molecule has 0 bridgehead atoms. The second-order valence-electron chi connectivity index (χ2n) is 5.04. The Morgan fingerprint density at radius 1 is 1.35 bits per heavy atom. The molecular formula is C16H20N2O2. The minimum atomic E-state index is 0.00181. The maximum absolute atomic E-state index is 12.5. The Kier molecular flexibility index (Phi) is 4.56. The molecule has 0 aromatic heterocycles. The average Bonchev–Trinajstić information content (AvgIpc) is 2.62. The third-order valence-corrected chi connectivity index (χ3v) is 3.49. The van der Waals surface area contributed by atoms with Crippen LogP contribution in [0.2, 0.25) is 0 Å². The third kappa shape index (κ3) is 3.26. The summed E-state index contributed by atoms with van der Waals surface area (Å²) >= 11 is 0. The van der Waals surface area contributed by atoms with E-state index in [-0.39, 0.29) is 11.8 Å². The molecule has 0 spiro atoms.